The fourth-order valence-corrected chi connectivity index (χ4v) is 4.09. The number of fused-ring (bicyclic) bond motifs is 2. The number of ketones is 1. The third kappa shape index (κ3) is 3.40. The van der Waals surface area contributed by atoms with Crippen molar-refractivity contribution >= 4 is 39.5 Å². The molecule has 2 aromatic carbocycles. The molecule has 27 heavy (non-hydrogen) atoms. The molecule has 0 aliphatic carbocycles. The number of thioether (sulfide) groups is 1. The monoisotopic (exact) mass is 378 g/mol. The van der Waals surface area contributed by atoms with Crippen molar-refractivity contribution in [2.75, 3.05) is 5.75 Å². The smallest absolute Gasteiger partial charge is 0.408 e. The number of aryl methyl sites for hydroxylation is 3. The van der Waals surface area contributed by atoms with Gasteiger partial charge in [0.15, 0.2) is 11.4 Å². The number of H-pyrrole nitrogens is 1. The van der Waals surface area contributed by atoms with E-state index in [2.05, 4.69) is 37.9 Å². The van der Waals surface area contributed by atoms with Crippen molar-refractivity contribution in [2.24, 2.45) is 0 Å². The highest BCUT2D eigenvalue weighted by molar-refractivity contribution is 7.99. The number of carbonyl (C=O) groups excluding carboxylic acids is 1. The number of rotatable bonds is 4. The molecule has 1 N–H and O–H groups in total. The topological polar surface area (TPSA) is 76.0 Å². The van der Waals surface area contributed by atoms with Crippen LogP contribution in [0.15, 0.2) is 50.6 Å². The standard InChI is InChI=1S/C21H18N2O3S/c1-11-6-13(3)20-15(7-11)12(2)8-19(23-20)27-10-17(24)14-4-5-16-18(9-14)26-21(25)22-16/h4-9H,10H2,1-3H3,(H,22,25). The molecule has 4 aromatic rings. The summed E-state index contributed by atoms with van der Waals surface area (Å²) in [4.78, 5) is 31.1. The largest absolute Gasteiger partial charge is 0.417 e. The molecule has 0 radical (unpaired) electrons. The second-order valence-electron chi connectivity index (χ2n) is 6.69. The molecule has 0 aliphatic heterocycles. The van der Waals surface area contributed by atoms with Crippen molar-refractivity contribution in [1.29, 1.82) is 0 Å². The van der Waals surface area contributed by atoms with E-state index in [-0.39, 0.29) is 11.5 Å². The summed E-state index contributed by atoms with van der Waals surface area (Å²) in [7, 11) is 0. The molecule has 136 valence electrons. The van der Waals surface area contributed by atoms with Crippen molar-refractivity contribution in [2.45, 2.75) is 25.8 Å². The lowest BCUT2D eigenvalue weighted by molar-refractivity contribution is 0.102. The molecule has 0 amide bonds. The van der Waals surface area contributed by atoms with Crippen molar-refractivity contribution in [1.82, 2.24) is 9.97 Å². The van der Waals surface area contributed by atoms with Crippen molar-refractivity contribution in [3.8, 4) is 0 Å². The van der Waals surface area contributed by atoms with Gasteiger partial charge >= 0.3 is 5.76 Å². The van der Waals surface area contributed by atoms with Gasteiger partial charge in [0.25, 0.3) is 0 Å². The van der Waals surface area contributed by atoms with Gasteiger partial charge in [-0.05, 0) is 62.2 Å². The zero-order chi connectivity index (χ0) is 19.1. The first-order chi connectivity index (χ1) is 12.9. The van der Waals surface area contributed by atoms with E-state index in [1.165, 1.54) is 17.3 Å². The van der Waals surface area contributed by atoms with Gasteiger partial charge in [0.1, 0.15) is 0 Å². The van der Waals surface area contributed by atoms with Gasteiger partial charge in [-0.3, -0.25) is 9.78 Å². The predicted octanol–water partition coefficient (Wildman–Crippen LogP) is 4.57. The van der Waals surface area contributed by atoms with Crippen molar-refractivity contribution in [3.05, 3.63) is 69.2 Å². The molecular weight excluding hydrogens is 360 g/mol. The van der Waals surface area contributed by atoms with Gasteiger partial charge in [-0.25, -0.2) is 9.78 Å². The van der Waals surface area contributed by atoms with Gasteiger partial charge in [0, 0.05) is 10.9 Å². The highest BCUT2D eigenvalue weighted by Crippen LogP contribution is 2.27. The molecule has 2 aromatic heterocycles. The van der Waals surface area contributed by atoms with Gasteiger partial charge in [0.05, 0.1) is 21.8 Å². The lowest BCUT2D eigenvalue weighted by atomic mass is 10.0. The number of aromatic nitrogens is 2. The third-order valence-electron chi connectivity index (χ3n) is 4.53. The van der Waals surface area contributed by atoms with Crippen LogP contribution in [0.3, 0.4) is 0 Å². The molecule has 5 nitrogen and oxygen atoms in total. The fourth-order valence-electron chi connectivity index (χ4n) is 3.23. The summed E-state index contributed by atoms with van der Waals surface area (Å²) in [5.41, 5.74) is 5.97. The first kappa shape index (κ1) is 17.5. The number of nitrogens with one attached hydrogen (secondary N) is 1. The average molecular weight is 378 g/mol. The van der Waals surface area contributed by atoms with Gasteiger partial charge in [0.2, 0.25) is 0 Å². The molecule has 0 spiro atoms. The summed E-state index contributed by atoms with van der Waals surface area (Å²) >= 11 is 1.42. The quantitative estimate of drug-likeness (QED) is 0.416. The van der Waals surface area contributed by atoms with E-state index in [1.807, 2.05) is 6.07 Å². The van der Waals surface area contributed by atoms with E-state index in [0.29, 0.717) is 16.7 Å². The second kappa shape index (κ2) is 6.70. The summed E-state index contributed by atoms with van der Waals surface area (Å²) in [6.45, 7) is 6.20. The lowest BCUT2D eigenvalue weighted by Gasteiger charge is -2.09. The van der Waals surface area contributed by atoms with Crippen LogP contribution < -0.4 is 5.76 Å². The SMILES string of the molecule is Cc1cc(C)c2nc(SCC(=O)c3ccc4[nH]c(=O)oc4c3)cc(C)c2c1. The maximum absolute atomic E-state index is 12.5. The number of nitrogens with zero attached hydrogens (tertiary/aromatic N) is 1. The lowest BCUT2D eigenvalue weighted by Crippen LogP contribution is -2.02. The molecule has 0 atom stereocenters. The van der Waals surface area contributed by atoms with E-state index in [1.54, 1.807) is 18.2 Å². The van der Waals surface area contributed by atoms with Crippen LogP contribution >= 0.6 is 11.8 Å². The first-order valence-corrected chi connectivity index (χ1v) is 9.57. The number of oxazole rings is 1. The van der Waals surface area contributed by atoms with Crippen LogP contribution in [0.25, 0.3) is 22.0 Å². The Kier molecular flexibility index (Phi) is 4.36. The molecule has 2 heterocycles. The molecule has 4 rings (SSSR count). The third-order valence-corrected chi connectivity index (χ3v) is 5.44. The Hall–Kier alpha value is -2.86. The van der Waals surface area contributed by atoms with E-state index in [9.17, 15) is 9.59 Å². The molecular formula is C21H18N2O3S. The van der Waals surface area contributed by atoms with Crippen LogP contribution in [0.5, 0.6) is 0 Å². The van der Waals surface area contributed by atoms with Gasteiger partial charge in [-0.2, -0.15) is 0 Å². The molecule has 0 saturated carbocycles. The van der Waals surface area contributed by atoms with Crippen molar-refractivity contribution < 1.29 is 9.21 Å². The number of benzene rings is 2. The zero-order valence-corrected chi connectivity index (χ0v) is 16.1. The first-order valence-electron chi connectivity index (χ1n) is 8.58. The number of pyridine rings is 1. The van der Waals surface area contributed by atoms with E-state index in [0.717, 1.165) is 27.1 Å². The van der Waals surface area contributed by atoms with Crippen molar-refractivity contribution in [3.63, 3.8) is 0 Å². The van der Waals surface area contributed by atoms with Crippen LogP contribution in [0, 0.1) is 20.8 Å². The number of hydrogen-bond donors (Lipinski definition) is 1. The zero-order valence-electron chi connectivity index (χ0n) is 15.3. The van der Waals surface area contributed by atoms with Crippen LogP contribution in [-0.4, -0.2) is 21.5 Å². The Labute approximate surface area is 159 Å². The van der Waals surface area contributed by atoms with Crippen LogP contribution in [0.1, 0.15) is 27.0 Å². The van der Waals surface area contributed by atoms with Crippen LogP contribution in [0.4, 0.5) is 0 Å². The van der Waals surface area contributed by atoms with Gasteiger partial charge in [-0.15, -0.1) is 0 Å². The minimum absolute atomic E-state index is 0.0362. The van der Waals surface area contributed by atoms with E-state index < -0.39 is 5.76 Å². The Morgan fingerprint density at radius 1 is 1.11 bits per heavy atom. The number of hydrogen-bond acceptors (Lipinski definition) is 5. The highest BCUT2D eigenvalue weighted by Gasteiger charge is 2.12. The average Bonchev–Trinajstić information content (AvgIpc) is 2.99. The van der Waals surface area contributed by atoms with E-state index >= 15 is 0 Å². The Morgan fingerprint density at radius 2 is 1.93 bits per heavy atom. The number of Topliss-reactive ketones (excluding diaryl/α,β-unsaturated/α-hetero) is 1. The van der Waals surface area contributed by atoms with Crippen LogP contribution in [-0.2, 0) is 0 Å². The van der Waals surface area contributed by atoms with Crippen LogP contribution in [0.2, 0.25) is 0 Å². The summed E-state index contributed by atoms with van der Waals surface area (Å²) in [5, 5.41) is 1.98. The Balaban J connectivity index is 1.58. The molecule has 6 heteroatoms. The molecule has 0 saturated heterocycles. The van der Waals surface area contributed by atoms with E-state index in [4.69, 9.17) is 9.40 Å². The molecule has 0 aliphatic rings. The van der Waals surface area contributed by atoms with Gasteiger partial charge in [-0.1, -0.05) is 23.4 Å². The summed E-state index contributed by atoms with van der Waals surface area (Å²) in [5.74, 6) is -0.292. The molecule has 0 unspecified atom stereocenters. The summed E-state index contributed by atoms with van der Waals surface area (Å²) in [6, 6.07) is 11.3. The normalized spacial score (nSPS) is 11.4. The summed E-state index contributed by atoms with van der Waals surface area (Å²) in [6.07, 6.45) is 0. The maximum atomic E-state index is 12.5. The molecule has 0 bridgehead atoms. The second-order valence-corrected chi connectivity index (χ2v) is 7.69. The Morgan fingerprint density at radius 3 is 2.74 bits per heavy atom. The Bertz CT molecular complexity index is 1250. The fraction of sp³-hybridized carbons (Fsp3) is 0.190. The molecule has 0 fully saturated rings. The summed E-state index contributed by atoms with van der Waals surface area (Å²) < 4.78 is 5.03. The minimum Gasteiger partial charge on any atom is -0.408 e. The predicted molar refractivity (Wildman–Crippen MR) is 108 cm³/mol. The van der Waals surface area contributed by atoms with Gasteiger partial charge < -0.3 is 4.42 Å². The maximum Gasteiger partial charge on any atom is 0.417 e. The number of aromatic amines is 1. The number of carbonyl (C=O) groups is 1. The highest BCUT2D eigenvalue weighted by atomic mass is 32.2. The minimum atomic E-state index is -0.523.